The van der Waals surface area contributed by atoms with Gasteiger partial charge in [0.2, 0.25) is 0 Å². The number of aromatic nitrogens is 2. The lowest BCUT2D eigenvalue weighted by Gasteiger charge is -2.34. The zero-order valence-electron chi connectivity index (χ0n) is 17.0. The molecule has 5 rings (SSSR count). The van der Waals surface area contributed by atoms with Crippen LogP contribution in [0.3, 0.4) is 0 Å². The van der Waals surface area contributed by atoms with E-state index in [4.69, 9.17) is 4.98 Å². The van der Waals surface area contributed by atoms with E-state index in [9.17, 15) is 15.3 Å². The number of pyridine rings is 1. The van der Waals surface area contributed by atoms with Gasteiger partial charge in [0.1, 0.15) is 11.6 Å². The Morgan fingerprint density at radius 3 is 2.58 bits per heavy atom. The van der Waals surface area contributed by atoms with Crippen molar-refractivity contribution >= 4 is 38.1 Å². The molecule has 4 aromatic rings. The molecule has 0 aliphatic carbocycles. The van der Waals surface area contributed by atoms with Crippen LogP contribution in [0.15, 0.2) is 47.3 Å². The molecule has 1 saturated heterocycles. The van der Waals surface area contributed by atoms with Crippen LogP contribution in [0.1, 0.15) is 34.9 Å². The van der Waals surface area contributed by atoms with Gasteiger partial charge in [0.25, 0.3) is 5.56 Å². The minimum Gasteiger partial charge on any atom is -0.370 e. The number of nitriles is 2. The molecule has 0 saturated carbocycles. The molecule has 0 N–H and O–H groups in total. The van der Waals surface area contributed by atoms with Gasteiger partial charge in [-0.05, 0) is 43.2 Å². The molecule has 1 fully saturated rings. The van der Waals surface area contributed by atoms with E-state index in [1.54, 1.807) is 36.6 Å². The SMILES string of the molecule is Cn1c(=O)c(C#N)c(N2CCC(c3nc4ccccc4s3)CC2)c2cc(C#N)ccc21. The highest BCUT2D eigenvalue weighted by Gasteiger charge is 2.27. The minimum atomic E-state index is -0.303. The first-order chi connectivity index (χ1) is 15.1. The normalized spacial score (nSPS) is 14.6. The third-order valence-corrected chi connectivity index (χ3v) is 7.28. The molecule has 6 nitrogen and oxygen atoms in total. The maximum absolute atomic E-state index is 12.9. The van der Waals surface area contributed by atoms with Crippen molar-refractivity contribution in [3.05, 3.63) is 69.0 Å². The van der Waals surface area contributed by atoms with E-state index in [-0.39, 0.29) is 11.1 Å². The summed E-state index contributed by atoms with van der Waals surface area (Å²) in [4.78, 5) is 19.8. The second-order valence-electron chi connectivity index (χ2n) is 7.82. The lowest BCUT2D eigenvalue weighted by Crippen LogP contribution is -2.35. The molecule has 7 heteroatoms. The highest BCUT2D eigenvalue weighted by Crippen LogP contribution is 2.37. The van der Waals surface area contributed by atoms with E-state index >= 15 is 0 Å². The second kappa shape index (κ2) is 7.54. The number of rotatable bonds is 2. The molecule has 0 amide bonds. The van der Waals surface area contributed by atoms with Crippen LogP contribution < -0.4 is 10.5 Å². The number of hydrogen-bond donors (Lipinski definition) is 0. The molecule has 0 unspecified atom stereocenters. The van der Waals surface area contributed by atoms with Crippen LogP contribution in [0, 0.1) is 22.7 Å². The van der Waals surface area contributed by atoms with Gasteiger partial charge in [0.15, 0.2) is 0 Å². The Bertz CT molecular complexity index is 1430. The third-order valence-electron chi connectivity index (χ3n) is 6.08. The predicted molar refractivity (Wildman–Crippen MR) is 122 cm³/mol. The van der Waals surface area contributed by atoms with Crippen LogP contribution in [-0.2, 0) is 7.05 Å². The molecule has 3 heterocycles. The Labute approximate surface area is 183 Å². The van der Waals surface area contributed by atoms with Crippen molar-refractivity contribution in [2.45, 2.75) is 18.8 Å². The summed E-state index contributed by atoms with van der Waals surface area (Å²) in [7, 11) is 1.67. The van der Waals surface area contributed by atoms with Crippen LogP contribution in [0.2, 0.25) is 0 Å². The summed E-state index contributed by atoms with van der Waals surface area (Å²) < 4.78 is 2.69. The Morgan fingerprint density at radius 2 is 1.87 bits per heavy atom. The van der Waals surface area contributed by atoms with Gasteiger partial charge in [-0.25, -0.2) is 4.98 Å². The maximum atomic E-state index is 12.9. The fourth-order valence-corrected chi connectivity index (χ4v) is 5.58. The Morgan fingerprint density at radius 1 is 1.10 bits per heavy atom. The number of anilines is 1. The van der Waals surface area contributed by atoms with Crippen LogP contribution >= 0.6 is 11.3 Å². The van der Waals surface area contributed by atoms with Crippen LogP contribution in [0.5, 0.6) is 0 Å². The highest BCUT2D eigenvalue weighted by atomic mass is 32.1. The van der Waals surface area contributed by atoms with Crippen LogP contribution in [-0.4, -0.2) is 22.6 Å². The Hall–Kier alpha value is -3.68. The third kappa shape index (κ3) is 3.15. The van der Waals surface area contributed by atoms with Gasteiger partial charge in [-0.3, -0.25) is 4.79 Å². The first-order valence-corrected chi connectivity index (χ1v) is 11.0. The number of fused-ring (bicyclic) bond motifs is 2. The van der Waals surface area contributed by atoms with Crippen molar-refractivity contribution in [2.75, 3.05) is 18.0 Å². The molecular weight excluding hydrogens is 406 g/mol. The number of benzene rings is 2. The molecule has 0 bridgehead atoms. The highest BCUT2D eigenvalue weighted by molar-refractivity contribution is 7.18. The minimum absolute atomic E-state index is 0.142. The van der Waals surface area contributed by atoms with Crippen molar-refractivity contribution in [1.82, 2.24) is 9.55 Å². The summed E-state index contributed by atoms with van der Waals surface area (Å²) in [5, 5.41) is 21.1. The van der Waals surface area contributed by atoms with Gasteiger partial charge >= 0.3 is 0 Å². The van der Waals surface area contributed by atoms with Crippen molar-refractivity contribution in [3.8, 4) is 12.1 Å². The lowest BCUT2D eigenvalue weighted by molar-refractivity contribution is 0.504. The number of nitrogens with zero attached hydrogens (tertiary/aromatic N) is 5. The number of piperidine rings is 1. The Balaban J connectivity index is 1.53. The van der Waals surface area contributed by atoms with Crippen molar-refractivity contribution < 1.29 is 0 Å². The van der Waals surface area contributed by atoms with Crippen molar-refractivity contribution in [1.29, 1.82) is 10.5 Å². The molecule has 31 heavy (non-hydrogen) atoms. The van der Waals surface area contributed by atoms with Crippen molar-refractivity contribution in [2.24, 2.45) is 7.05 Å². The summed E-state index contributed by atoms with van der Waals surface area (Å²) in [6.07, 6.45) is 1.80. The Kier molecular flexibility index (Phi) is 4.69. The number of thiazole rings is 1. The monoisotopic (exact) mass is 425 g/mol. The van der Waals surface area contributed by atoms with E-state index < -0.39 is 0 Å². The summed E-state index contributed by atoms with van der Waals surface area (Å²) in [6, 6.07) is 17.8. The summed E-state index contributed by atoms with van der Waals surface area (Å²) in [5.41, 5.74) is 2.78. The molecule has 152 valence electrons. The molecule has 0 radical (unpaired) electrons. The van der Waals surface area contributed by atoms with Crippen LogP contribution in [0.25, 0.3) is 21.1 Å². The second-order valence-corrected chi connectivity index (χ2v) is 8.89. The standard InChI is InChI=1S/C24H19N5OS/c1-28-20-7-6-15(13-25)12-17(20)22(18(14-26)24(28)30)29-10-8-16(9-11-29)23-27-19-4-2-3-5-21(19)31-23/h2-7,12,16H,8-11H2,1H3. The maximum Gasteiger partial charge on any atom is 0.270 e. The fraction of sp³-hybridized carbons (Fsp3) is 0.250. The van der Waals surface area contributed by atoms with E-state index in [0.717, 1.165) is 47.4 Å². The van der Waals surface area contributed by atoms with Gasteiger partial charge < -0.3 is 9.47 Å². The lowest BCUT2D eigenvalue weighted by atomic mass is 9.95. The van der Waals surface area contributed by atoms with Gasteiger partial charge in [-0.15, -0.1) is 11.3 Å². The largest absolute Gasteiger partial charge is 0.370 e. The first-order valence-electron chi connectivity index (χ1n) is 10.2. The van der Waals surface area contributed by atoms with E-state index in [1.807, 2.05) is 18.2 Å². The average Bonchev–Trinajstić information content (AvgIpc) is 3.25. The molecular formula is C24H19N5OS. The van der Waals surface area contributed by atoms with Gasteiger partial charge in [-0.2, -0.15) is 10.5 Å². The molecule has 0 spiro atoms. The summed E-state index contributed by atoms with van der Waals surface area (Å²) in [6.45, 7) is 1.46. The topological polar surface area (TPSA) is 85.7 Å². The molecule has 1 aliphatic heterocycles. The fourth-order valence-electron chi connectivity index (χ4n) is 4.44. The summed E-state index contributed by atoms with van der Waals surface area (Å²) in [5.74, 6) is 0.367. The molecule has 0 atom stereocenters. The zero-order chi connectivity index (χ0) is 21.5. The average molecular weight is 426 g/mol. The number of para-hydroxylation sites is 1. The predicted octanol–water partition coefficient (Wildman–Crippen LogP) is 4.28. The van der Waals surface area contributed by atoms with E-state index in [1.165, 1.54) is 9.27 Å². The van der Waals surface area contributed by atoms with Crippen molar-refractivity contribution in [3.63, 3.8) is 0 Å². The molecule has 1 aliphatic rings. The zero-order valence-corrected chi connectivity index (χ0v) is 17.8. The quantitative estimate of drug-likeness (QED) is 0.479. The smallest absolute Gasteiger partial charge is 0.270 e. The summed E-state index contributed by atoms with van der Waals surface area (Å²) >= 11 is 1.75. The van der Waals surface area contributed by atoms with Crippen LogP contribution in [0.4, 0.5) is 5.69 Å². The van der Waals surface area contributed by atoms with E-state index in [0.29, 0.717) is 17.2 Å². The number of aryl methyl sites for hydroxylation is 1. The number of hydrogen-bond acceptors (Lipinski definition) is 6. The van der Waals surface area contributed by atoms with Gasteiger partial charge in [0, 0.05) is 31.4 Å². The van der Waals surface area contributed by atoms with E-state index in [2.05, 4.69) is 23.1 Å². The molecule has 2 aromatic carbocycles. The van der Waals surface area contributed by atoms with Gasteiger partial charge in [-0.1, -0.05) is 12.1 Å². The first kappa shape index (κ1) is 19.3. The molecule has 2 aromatic heterocycles. The van der Waals surface area contributed by atoms with Gasteiger partial charge in [0.05, 0.1) is 38.1 Å².